The number of nitrogens with zero attached hydrogens (tertiary/aromatic N) is 1. The Bertz CT molecular complexity index is 1020. The van der Waals surface area contributed by atoms with Crippen molar-refractivity contribution in [2.75, 3.05) is 12.4 Å². The molecule has 0 bridgehead atoms. The fraction of sp³-hybridized carbons (Fsp3) is 0.136. The van der Waals surface area contributed by atoms with E-state index < -0.39 is 0 Å². The summed E-state index contributed by atoms with van der Waals surface area (Å²) >= 11 is 0. The first-order valence-corrected chi connectivity index (χ1v) is 8.65. The molecule has 4 rings (SSSR count). The third-order valence-electron chi connectivity index (χ3n) is 4.64. The van der Waals surface area contributed by atoms with Crippen molar-refractivity contribution >= 4 is 16.7 Å². The van der Waals surface area contributed by atoms with Gasteiger partial charge in [-0.25, -0.2) is 4.98 Å². The number of hydrogen-bond donors (Lipinski definition) is 2. The van der Waals surface area contributed by atoms with Crippen LogP contribution < -0.4 is 10.1 Å². The summed E-state index contributed by atoms with van der Waals surface area (Å²) in [4.78, 5) is 7.96. The summed E-state index contributed by atoms with van der Waals surface area (Å²) in [5, 5.41) is 4.79. The number of fused-ring (bicyclic) bond motifs is 1. The van der Waals surface area contributed by atoms with Crippen molar-refractivity contribution in [3.05, 3.63) is 89.7 Å². The van der Waals surface area contributed by atoms with E-state index in [1.165, 1.54) is 10.9 Å². The van der Waals surface area contributed by atoms with Gasteiger partial charge in [0.05, 0.1) is 13.2 Å². The van der Waals surface area contributed by atoms with Crippen LogP contribution in [0.25, 0.3) is 10.9 Å². The standard InChI is InChI=1S/C22H21N3O/c1-15-21(16-9-3-5-11-18(16)24-15)22(25-20-13-7-8-14-23-20)17-10-4-6-12-19(17)26-2/h3-14,22,24H,1-2H3,(H,23,25)/t22-/m1/s1. The summed E-state index contributed by atoms with van der Waals surface area (Å²) in [5.41, 5.74) is 4.54. The van der Waals surface area contributed by atoms with Gasteiger partial charge in [-0.2, -0.15) is 0 Å². The first-order chi connectivity index (χ1) is 12.8. The quantitative estimate of drug-likeness (QED) is 0.531. The Morgan fingerprint density at radius 1 is 0.962 bits per heavy atom. The molecule has 0 saturated carbocycles. The molecule has 2 N–H and O–H groups in total. The summed E-state index contributed by atoms with van der Waals surface area (Å²) in [6.07, 6.45) is 1.80. The van der Waals surface area contributed by atoms with Crippen molar-refractivity contribution in [3.8, 4) is 5.75 Å². The molecule has 4 heteroatoms. The Labute approximate surface area is 152 Å². The second-order valence-corrected chi connectivity index (χ2v) is 6.24. The summed E-state index contributed by atoms with van der Waals surface area (Å²) < 4.78 is 5.64. The lowest BCUT2D eigenvalue weighted by atomic mass is 9.95. The number of para-hydroxylation sites is 2. The van der Waals surface area contributed by atoms with Crippen LogP contribution in [0, 0.1) is 6.92 Å². The highest BCUT2D eigenvalue weighted by Gasteiger charge is 2.23. The van der Waals surface area contributed by atoms with Crippen LogP contribution in [0.15, 0.2) is 72.9 Å². The molecule has 0 aliphatic rings. The lowest BCUT2D eigenvalue weighted by Crippen LogP contribution is -2.15. The predicted octanol–water partition coefficient (Wildman–Crippen LogP) is 5.08. The minimum atomic E-state index is -0.0859. The predicted molar refractivity (Wildman–Crippen MR) is 106 cm³/mol. The third kappa shape index (κ3) is 2.90. The molecule has 0 aliphatic carbocycles. The monoisotopic (exact) mass is 343 g/mol. The Kier molecular flexibility index (Phi) is 4.32. The van der Waals surface area contributed by atoms with Gasteiger partial charge in [-0.1, -0.05) is 42.5 Å². The van der Waals surface area contributed by atoms with Crippen molar-refractivity contribution in [2.45, 2.75) is 13.0 Å². The van der Waals surface area contributed by atoms with Crippen LogP contribution in [0.1, 0.15) is 22.9 Å². The van der Waals surface area contributed by atoms with Gasteiger partial charge in [0.2, 0.25) is 0 Å². The number of anilines is 1. The Hall–Kier alpha value is -3.27. The van der Waals surface area contributed by atoms with E-state index >= 15 is 0 Å². The van der Waals surface area contributed by atoms with Gasteiger partial charge < -0.3 is 15.0 Å². The molecule has 0 radical (unpaired) electrons. The molecule has 0 aliphatic heterocycles. The molecule has 0 spiro atoms. The number of aromatic amines is 1. The van der Waals surface area contributed by atoms with Gasteiger partial charge in [0, 0.05) is 33.9 Å². The second-order valence-electron chi connectivity index (χ2n) is 6.24. The molecular formula is C22H21N3O. The molecule has 1 atom stereocenters. The number of ether oxygens (including phenoxy) is 1. The maximum Gasteiger partial charge on any atom is 0.126 e. The van der Waals surface area contributed by atoms with E-state index in [0.717, 1.165) is 28.3 Å². The topological polar surface area (TPSA) is 49.9 Å². The SMILES string of the molecule is COc1ccccc1[C@@H](Nc1ccccn1)c1c(C)[nH]c2ccccc12. The van der Waals surface area contributed by atoms with Crippen LogP contribution >= 0.6 is 0 Å². The Balaban J connectivity index is 1.91. The molecule has 0 unspecified atom stereocenters. The number of pyridine rings is 1. The number of nitrogens with one attached hydrogen (secondary N) is 2. The summed E-state index contributed by atoms with van der Waals surface area (Å²) in [6.45, 7) is 2.11. The number of methoxy groups -OCH3 is 1. The first-order valence-electron chi connectivity index (χ1n) is 8.65. The molecule has 0 amide bonds. The van der Waals surface area contributed by atoms with E-state index in [1.54, 1.807) is 13.3 Å². The average Bonchev–Trinajstić information content (AvgIpc) is 3.02. The van der Waals surface area contributed by atoms with Crippen LogP contribution in [0.3, 0.4) is 0 Å². The second kappa shape index (κ2) is 6.92. The molecule has 2 aromatic heterocycles. The van der Waals surface area contributed by atoms with Crippen molar-refractivity contribution in [2.24, 2.45) is 0 Å². The van der Waals surface area contributed by atoms with Crippen molar-refractivity contribution in [1.82, 2.24) is 9.97 Å². The maximum absolute atomic E-state index is 5.64. The maximum atomic E-state index is 5.64. The third-order valence-corrected chi connectivity index (χ3v) is 4.64. The van der Waals surface area contributed by atoms with Crippen LogP contribution in [0.5, 0.6) is 5.75 Å². The zero-order valence-corrected chi connectivity index (χ0v) is 14.9. The van der Waals surface area contributed by atoms with E-state index in [4.69, 9.17) is 4.74 Å². The minimum Gasteiger partial charge on any atom is -0.496 e. The van der Waals surface area contributed by atoms with E-state index in [9.17, 15) is 0 Å². The van der Waals surface area contributed by atoms with Gasteiger partial charge in [0.1, 0.15) is 11.6 Å². The first kappa shape index (κ1) is 16.2. The average molecular weight is 343 g/mol. The number of H-pyrrole nitrogens is 1. The molecule has 0 fully saturated rings. The highest BCUT2D eigenvalue weighted by molar-refractivity contribution is 5.86. The lowest BCUT2D eigenvalue weighted by Gasteiger charge is -2.23. The fourth-order valence-electron chi connectivity index (χ4n) is 3.48. The van der Waals surface area contributed by atoms with Gasteiger partial charge in [-0.15, -0.1) is 0 Å². The molecular weight excluding hydrogens is 322 g/mol. The van der Waals surface area contributed by atoms with E-state index in [1.807, 2.05) is 42.5 Å². The summed E-state index contributed by atoms with van der Waals surface area (Å²) in [7, 11) is 1.71. The van der Waals surface area contributed by atoms with E-state index in [-0.39, 0.29) is 6.04 Å². The smallest absolute Gasteiger partial charge is 0.126 e. The summed E-state index contributed by atoms with van der Waals surface area (Å²) in [5.74, 6) is 1.68. The highest BCUT2D eigenvalue weighted by atomic mass is 16.5. The van der Waals surface area contributed by atoms with E-state index in [2.05, 4.69) is 46.5 Å². The normalized spacial score (nSPS) is 12.1. The van der Waals surface area contributed by atoms with Crippen LogP contribution in [0.4, 0.5) is 5.82 Å². The van der Waals surface area contributed by atoms with E-state index in [0.29, 0.717) is 0 Å². The van der Waals surface area contributed by atoms with Gasteiger partial charge in [-0.05, 0) is 31.2 Å². The van der Waals surface area contributed by atoms with Gasteiger partial charge >= 0.3 is 0 Å². The van der Waals surface area contributed by atoms with Gasteiger partial charge in [-0.3, -0.25) is 0 Å². The highest BCUT2D eigenvalue weighted by Crippen LogP contribution is 2.37. The van der Waals surface area contributed by atoms with Crippen LogP contribution in [-0.2, 0) is 0 Å². The zero-order chi connectivity index (χ0) is 17.9. The molecule has 2 heterocycles. The zero-order valence-electron chi connectivity index (χ0n) is 14.9. The largest absolute Gasteiger partial charge is 0.496 e. The molecule has 4 aromatic rings. The van der Waals surface area contributed by atoms with Gasteiger partial charge in [0.25, 0.3) is 0 Å². The van der Waals surface area contributed by atoms with Gasteiger partial charge in [0.15, 0.2) is 0 Å². The Morgan fingerprint density at radius 2 is 1.73 bits per heavy atom. The number of aromatic nitrogens is 2. The molecule has 26 heavy (non-hydrogen) atoms. The molecule has 4 nitrogen and oxygen atoms in total. The van der Waals surface area contributed by atoms with Crippen LogP contribution in [-0.4, -0.2) is 17.1 Å². The molecule has 130 valence electrons. The lowest BCUT2D eigenvalue weighted by molar-refractivity contribution is 0.408. The number of aryl methyl sites for hydroxylation is 1. The van der Waals surface area contributed by atoms with Crippen molar-refractivity contribution in [3.63, 3.8) is 0 Å². The van der Waals surface area contributed by atoms with Crippen LogP contribution in [0.2, 0.25) is 0 Å². The number of hydrogen-bond acceptors (Lipinski definition) is 3. The van der Waals surface area contributed by atoms with Crippen molar-refractivity contribution < 1.29 is 4.74 Å². The fourth-order valence-corrected chi connectivity index (χ4v) is 3.48. The van der Waals surface area contributed by atoms with Crippen molar-refractivity contribution in [1.29, 1.82) is 0 Å². The minimum absolute atomic E-state index is 0.0859. The summed E-state index contributed by atoms with van der Waals surface area (Å²) in [6, 6.07) is 22.3. The molecule has 2 aromatic carbocycles. The Morgan fingerprint density at radius 3 is 2.54 bits per heavy atom. The number of rotatable bonds is 5. The molecule has 0 saturated heterocycles. The number of benzene rings is 2.